The van der Waals surface area contributed by atoms with Gasteiger partial charge in [-0.25, -0.2) is 0 Å². The zero-order valence-electron chi connectivity index (χ0n) is 11.8. The highest BCUT2D eigenvalue weighted by Gasteiger charge is 2.28. The molecule has 0 radical (unpaired) electrons. The van der Waals surface area contributed by atoms with Crippen molar-refractivity contribution in [3.8, 4) is 0 Å². The van der Waals surface area contributed by atoms with Crippen LogP contribution in [0.4, 0.5) is 0 Å². The molecule has 1 aromatic rings. The van der Waals surface area contributed by atoms with Gasteiger partial charge in [0, 0.05) is 36.0 Å². The van der Waals surface area contributed by atoms with E-state index in [1.165, 1.54) is 0 Å². The van der Waals surface area contributed by atoms with Crippen molar-refractivity contribution in [2.45, 2.75) is 26.7 Å². The maximum atomic E-state index is 12.5. The van der Waals surface area contributed by atoms with Gasteiger partial charge in [-0.05, 0) is 37.1 Å². The number of hydrogen-bond acceptors (Lipinski definition) is 3. The van der Waals surface area contributed by atoms with E-state index in [1.54, 1.807) is 12.1 Å². The van der Waals surface area contributed by atoms with Crippen molar-refractivity contribution in [1.82, 2.24) is 4.90 Å². The summed E-state index contributed by atoms with van der Waals surface area (Å²) in [5.41, 5.74) is 2.36. The lowest BCUT2D eigenvalue weighted by atomic mass is 9.93. The zero-order chi connectivity index (χ0) is 14.7. The number of rotatable bonds is 2. The van der Waals surface area contributed by atoms with E-state index in [0.717, 1.165) is 17.7 Å². The fourth-order valence-corrected chi connectivity index (χ4v) is 2.68. The van der Waals surface area contributed by atoms with E-state index in [2.05, 4.69) is 5.16 Å². The number of likely N-dealkylation sites (tertiary alicyclic amines) is 1. The van der Waals surface area contributed by atoms with Gasteiger partial charge in [0.1, 0.15) is 0 Å². The minimum absolute atomic E-state index is 0.0141. The molecule has 4 nitrogen and oxygen atoms in total. The fourth-order valence-electron chi connectivity index (χ4n) is 2.56. The van der Waals surface area contributed by atoms with Gasteiger partial charge >= 0.3 is 0 Å². The number of carbonyl (C=O) groups excluding carboxylic acids is 1. The first-order valence-electron chi connectivity index (χ1n) is 6.83. The number of amides is 1. The van der Waals surface area contributed by atoms with Crippen LogP contribution < -0.4 is 0 Å². The predicted octanol–water partition coefficient (Wildman–Crippen LogP) is 3.35. The van der Waals surface area contributed by atoms with Gasteiger partial charge in [0.15, 0.2) is 0 Å². The fraction of sp³-hybridized carbons (Fsp3) is 0.467. The van der Waals surface area contributed by atoms with Crippen molar-refractivity contribution in [3.05, 3.63) is 34.3 Å². The number of hydrogen-bond donors (Lipinski definition) is 1. The molecule has 20 heavy (non-hydrogen) atoms. The molecule has 1 aromatic carbocycles. The highest BCUT2D eigenvalue weighted by molar-refractivity contribution is 6.31. The number of piperidine rings is 1. The molecule has 1 aliphatic heterocycles. The molecular formula is C15H19ClN2O2. The third kappa shape index (κ3) is 2.96. The van der Waals surface area contributed by atoms with Gasteiger partial charge in [0.05, 0.1) is 5.71 Å². The van der Waals surface area contributed by atoms with E-state index in [4.69, 9.17) is 16.8 Å². The molecule has 0 spiro atoms. The number of oxime groups is 1. The summed E-state index contributed by atoms with van der Waals surface area (Å²) >= 11 is 5.99. The maximum absolute atomic E-state index is 12.5. The average Bonchev–Trinajstić information content (AvgIpc) is 2.48. The van der Waals surface area contributed by atoms with Gasteiger partial charge in [0.25, 0.3) is 5.91 Å². The number of nitrogens with zero attached hydrogens (tertiary/aromatic N) is 2. The molecule has 0 aromatic heterocycles. The summed E-state index contributed by atoms with van der Waals surface area (Å²) in [4.78, 5) is 14.3. The Morgan fingerprint density at radius 2 is 2.30 bits per heavy atom. The Labute approximate surface area is 124 Å². The third-order valence-corrected chi connectivity index (χ3v) is 4.29. The van der Waals surface area contributed by atoms with Crippen molar-refractivity contribution in [2.24, 2.45) is 11.1 Å². The molecule has 0 bridgehead atoms. The topological polar surface area (TPSA) is 52.9 Å². The summed E-state index contributed by atoms with van der Waals surface area (Å²) in [5, 5.41) is 13.0. The van der Waals surface area contributed by atoms with Crippen LogP contribution in [-0.2, 0) is 0 Å². The lowest BCUT2D eigenvalue weighted by Gasteiger charge is -2.33. The van der Waals surface area contributed by atoms with E-state index in [9.17, 15) is 4.79 Å². The first kappa shape index (κ1) is 14.9. The van der Waals surface area contributed by atoms with Crippen LogP contribution in [0.3, 0.4) is 0 Å². The Bertz CT molecular complexity index is 543. The SMILES string of the molecule is CCC1CN(C(=O)c2ccc(Cl)c(C)c2)CC/C1=N\O. The Balaban J connectivity index is 2.15. The predicted molar refractivity (Wildman–Crippen MR) is 79.7 cm³/mol. The number of aryl methyl sites for hydroxylation is 1. The molecular weight excluding hydrogens is 276 g/mol. The number of halogens is 1. The van der Waals surface area contributed by atoms with Gasteiger partial charge in [-0.2, -0.15) is 0 Å². The summed E-state index contributed by atoms with van der Waals surface area (Å²) in [7, 11) is 0. The summed E-state index contributed by atoms with van der Waals surface area (Å²) in [5.74, 6) is 0.159. The second kappa shape index (κ2) is 6.27. The highest BCUT2D eigenvalue weighted by Crippen LogP contribution is 2.21. The Morgan fingerprint density at radius 1 is 1.55 bits per heavy atom. The minimum Gasteiger partial charge on any atom is -0.411 e. The molecule has 1 amide bonds. The highest BCUT2D eigenvalue weighted by atomic mass is 35.5. The quantitative estimate of drug-likeness (QED) is 0.672. The molecule has 1 unspecified atom stereocenters. The third-order valence-electron chi connectivity index (χ3n) is 3.86. The van der Waals surface area contributed by atoms with Crippen LogP contribution in [0.2, 0.25) is 5.02 Å². The second-order valence-electron chi connectivity index (χ2n) is 5.16. The Hall–Kier alpha value is -1.55. The van der Waals surface area contributed by atoms with Gasteiger partial charge in [-0.1, -0.05) is 23.7 Å². The molecule has 1 atom stereocenters. The Morgan fingerprint density at radius 3 is 2.90 bits per heavy atom. The van der Waals surface area contributed by atoms with E-state index in [0.29, 0.717) is 30.1 Å². The smallest absolute Gasteiger partial charge is 0.253 e. The molecule has 5 heteroatoms. The van der Waals surface area contributed by atoms with Gasteiger partial charge in [-0.3, -0.25) is 4.79 Å². The van der Waals surface area contributed by atoms with Crippen LogP contribution in [0.25, 0.3) is 0 Å². The van der Waals surface area contributed by atoms with E-state index >= 15 is 0 Å². The van der Waals surface area contributed by atoms with E-state index < -0.39 is 0 Å². The minimum atomic E-state index is 0.0141. The normalized spacial score (nSPS) is 21.2. The van der Waals surface area contributed by atoms with Crippen LogP contribution >= 0.6 is 11.6 Å². The average molecular weight is 295 g/mol. The summed E-state index contributed by atoms with van der Waals surface area (Å²) in [6.07, 6.45) is 1.50. The maximum Gasteiger partial charge on any atom is 0.253 e. The molecule has 2 rings (SSSR count). The van der Waals surface area contributed by atoms with Crippen LogP contribution in [-0.4, -0.2) is 34.8 Å². The molecule has 1 N–H and O–H groups in total. The summed E-state index contributed by atoms with van der Waals surface area (Å²) in [6.45, 7) is 5.13. The van der Waals surface area contributed by atoms with Crippen LogP contribution in [0.15, 0.2) is 23.4 Å². The second-order valence-corrected chi connectivity index (χ2v) is 5.57. The molecule has 1 fully saturated rings. The molecule has 0 aliphatic carbocycles. The zero-order valence-corrected chi connectivity index (χ0v) is 12.5. The summed E-state index contributed by atoms with van der Waals surface area (Å²) < 4.78 is 0. The first-order chi connectivity index (χ1) is 9.56. The molecule has 0 saturated carbocycles. The van der Waals surface area contributed by atoms with Crippen LogP contribution in [0.5, 0.6) is 0 Å². The van der Waals surface area contributed by atoms with Crippen molar-refractivity contribution in [2.75, 3.05) is 13.1 Å². The molecule has 1 heterocycles. The molecule has 108 valence electrons. The van der Waals surface area contributed by atoms with E-state index in [-0.39, 0.29) is 11.8 Å². The van der Waals surface area contributed by atoms with Crippen LogP contribution in [0, 0.1) is 12.8 Å². The van der Waals surface area contributed by atoms with Gasteiger partial charge in [0.2, 0.25) is 0 Å². The van der Waals surface area contributed by atoms with Crippen molar-refractivity contribution >= 4 is 23.2 Å². The van der Waals surface area contributed by atoms with Crippen LogP contribution in [0.1, 0.15) is 35.7 Å². The summed E-state index contributed by atoms with van der Waals surface area (Å²) in [6, 6.07) is 5.33. The largest absolute Gasteiger partial charge is 0.411 e. The standard InChI is InChI=1S/C15H19ClN2O2/c1-3-11-9-18(7-6-14(11)17-20)15(19)12-4-5-13(16)10(2)8-12/h4-5,8,11,20H,3,6-7,9H2,1-2H3/b17-14+. The first-order valence-corrected chi connectivity index (χ1v) is 7.20. The van der Waals surface area contributed by atoms with Crippen molar-refractivity contribution in [3.63, 3.8) is 0 Å². The lowest BCUT2D eigenvalue weighted by molar-refractivity contribution is 0.0729. The lowest BCUT2D eigenvalue weighted by Crippen LogP contribution is -2.44. The van der Waals surface area contributed by atoms with Gasteiger partial charge in [-0.15, -0.1) is 0 Å². The van der Waals surface area contributed by atoms with Crippen molar-refractivity contribution in [1.29, 1.82) is 0 Å². The van der Waals surface area contributed by atoms with Gasteiger partial charge < -0.3 is 10.1 Å². The van der Waals surface area contributed by atoms with Crippen molar-refractivity contribution < 1.29 is 10.0 Å². The Kier molecular flexibility index (Phi) is 4.65. The number of benzene rings is 1. The molecule has 1 saturated heterocycles. The van der Waals surface area contributed by atoms with E-state index in [1.807, 2.05) is 24.8 Å². The number of carbonyl (C=O) groups is 1. The molecule has 1 aliphatic rings. The monoisotopic (exact) mass is 294 g/mol.